The second-order valence-electron chi connectivity index (χ2n) is 21.2. The first-order valence-corrected chi connectivity index (χ1v) is 26.7. The van der Waals surface area contributed by atoms with E-state index in [-0.39, 0.29) is 0 Å². The number of carbonyl (C=O) groups excluding carboxylic acids is 4. The molecule has 0 aromatic heterocycles. The average Bonchev–Trinajstić information content (AvgIpc) is 2.31. The lowest BCUT2D eigenvalue weighted by Gasteiger charge is -2.51. The van der Waals surface area contributed by atoms with Gasteiger partial charge in [0.05, 0.1) is 51.8 Å². The van der Waals surface area contributed by atoms with Crippen molar-refractivity contribution in [1.82, 2.24) is 21.3 Å². The van der Waals surface area contributed by atoms with E-state index in [9.17, 15) is 116 Å². The first kappa shape index (κ1) is 70.3. The molecule has 85 heavy (non-hydrogen) atoms. The molecule has 0 aromatic rings. The van der Waals surface area contributed by atoms with E-state index in [4.69, 9.17) is 52.1 Å². The van der Waals surface area contributed by atoms with E-state index in [2.05, 4.69) is 21.3 Å². The SMILES string of the molecule is CC(=O)N[C@@H]1[C@@H](O[C@@H]2O[C@H](CO)[C@@H](O)[C@H](O[C@@H]3O[C@H](CO)[C@H](O)[C@H](O)[C@H]3O)[C@H]2NC(C)=O)[C@@H](O)[C@@H](CO[C@@H]2O[C@H](CO)[C@@H](O[C@@H]3O[C@H](CO)[C@H](O)[C@H](O[C@]4(C(=O)O)C[C@H](O)[C@@H](NC(C)=O)[C@H]([C@H](O)[C@H](O)CO)O4)[C@H]3O)[C@H](O)[C@H]2NC(C)=O)O[C@@H]1O. The molecule has 6 heterocycles. The molecule has 0 aliphatic carbocycles. The number of ether oxygens (including phenoxy) is 11. The van der Waals surface area contributed by atoms with Gasteiger partial charge in [0.2, 0.25) is 23.6 Å². The summed E-state index contributed by atoms with van der Waals surface area (Å²) in [6, 6.07) is -6.94. The molecular formula is C47H78N4O34. The fraction of sp³-hybridized carbons (Fsp3) is 0.894. The normalized spacial score (nSPS) is 45.0. The van der Waals surface area contributed by atoms with Crippen LogP contribution in [0.2, 0.25) is 0 Å². The number of aliphatic hydroxyl groups is 17. The van der Waals surface area contributed by atoms with Crippen molar-refractivity contribution in [2.24, 2.45) is 0 Å². The zero-order valence-corrected chi connectivity index (χ0v) is 45.9. The highest BCUT2D eigenvalue weighted by Gasteiger charge is 2.61. The summed E-state index contributed by atoms with van der Waals surface area (Å²) >= 11 is 0. The Morgan fingerprint density at radius 1 is 0.482 bits per heavy atom. The Kier molecular flexibility index (Phi) is 24.9. The van der Waals surface area contributed by atoms with Gasteiger partial charge in [0.1, 0.15) is 140 Å². The van der Waals surface area contributed by atoms with E-state index < -0.39 is 265 Å². The third-order valence-corrected chi connectivity index (χ3v) is 15.0. The first-order valence-electron chi connectivity index (χ1n) is 26.7. The molecule has 0 aromatic carbocycles. The van der Waals surface area contributed by atoms with Gasteiger partial charge in [-0.3, -0.25) is 19.2 Å². The smallest absolute Gasteiger partial charge is 0.364 e. The van der Waals surface area contributed by atoms with Crippen LogP contribution in [0.25, 0.3) is 0 Å². The van der Waals surface area contributed by atoms with Crippen molar-refractivity contribution < 1.29 is 168 Å². The summed E-state index contributed by atoms with van der Waals surface area (Å²) in [4.78, 5) is 63.0. The Labute approximate surface area is 481 Å². The van der Waals surface area contributed by atoms with Crippen molar-refractivity contribution >= 4 is 29.6 Å². The fourth-order valence-electron chi connectivity index (χ4n) is 10.7. The number of rotatable bonds is 23. The largest absolute Gasteiger partial charge is 0.477 e. The van der Waals surface area contributed by atoms with Crippen molar-refractivity contribution in [3.05, 3.63) is 0 Å². The van der Waals surface area contributed by atoms with E-state index in [1.165, 1.54) is 0 Å². The number of aliphatic hydroxyl groups excluding tert-OH is 17. The number of carboxylic acids is 1. The van der Waals surface area contributed by atoms with Gasteiger partial charge < -0.3 is 165 Å². The summed E-state index contributed by atoms with van der Waals surface area (Å²) < 4.78 is 63.5. The van der Waals surface area contributed by atoms with Crippen LogP contribution in [0, 0.1) is 0 Å². The van der Waals surface area contributed by atoms with Gasteiger partial charge >= 0.3 is 5.97 Å². The Morgan fingerprint density at radius 2 is 0.929 bits per heavy atom. The molecule has 31 atom stereocenters. The molecule has 490 valence electrons. The van der Waals surface area contributed by atoms with E-state index in [1.54, 1.807) is 0 Å². The lowest BCUT2D eigenvalue weighted by atomic mass is 9.88. The van der Waals surface area contributed by atoms with E-state index in [0.29, 0.717) is 0 Å². The number of carbonyl (C=O) groups is 5. The van der Waals surface area contributed by atoms with Crippen molar-refractivity contribution in [2.75, 3.05) is 39.6 Å². The molecule has 4 amide bonds. The van der Waals surface area contributed by atoms with Gasteiger partial charge in [-0.1, -0.05) is 0 Å². The first-order chi connectivity index (χ1) is 40.0. The van der Waals surface area contributed by atoms with E-state index in [1.807, 2.05) is 0 Å². The molecule has 6 aliphatic rings. The molecule has 0 unspecified atom stereocenters. The predicted molar refractivity (Wildman–Crippen MR) is 263 cm³/mol. The number of hydrogen-bond donors (Lipinski definition) is 22. The molecule has 0 radical (unpaired) electrons. The van der Waals surface area contributed by atoms with Crippen LogP contribution in [0.15, 0.2) is 0 Å². The maximum absolute atomic E-state index is 13.0. The van der Waals surface area contributed by atoms with Crippen molar-refractivity contribution in [3.63, 3.8) is 0 Å². The standard InChI is InChI=1S/C47H78N4O34/c1-12(57)48-23-16(61)5-47(46(73)74,84-39(23)27(63)17(62)6-52)85-40-30(66)20(9-55)79-45(35(40)71)81-36-21(10-56)80-42(24(32(36)68)49-13(2)58)75-11-22-31(67)37(25(41(72)76-22)50-14(3)59)82-43-26(51-15(4)60)38(29(65)19(8-54)77-43)83-44-34(70)33(69)28(64)18(7-53)78-44/h16-45,52-56,61-72H,5-11H2,1-4H3,(H,48,57)(H,49,58)(H,50,59)(H,51,60)(H,73,74)/t16-,17+,18+,19+,20+,21+,22+,23+,24+,25+,26+,27+,28-,29+,30-,31-,32+,33-,34+,35+,36+,37+,38+,39+,40-,41-,42+,43-,44-,45-,47-/m0/s1. The Morgan fingerprint density at radius 3 is 1.47 bits per heavy atom. The molecule has 6 aliphatic heterocycles. The molecule has 0 bridgehead atoms. The van der Waals surface area contributed by atoms with Gasteiger partial charge in [0.25, 0.3) is 5.79 Å². The van der Waals surface area contributed by atoms with Gasteiger partial charge in [0, 0.05) is 34.1 Å². The molecule has 6 fully saturated rings. The van der Waals surface area contributed by atoms with Crippen LogP contribution in [-0.4, -0.2) is 351 Å². The molecule has 0 saturated carbocycles. The Balaban J connectivity index is 1.23. The second kappa shape index (κ2) is 30.2. The number of amides is 4. The van der Waals surface area contributed by atoms with E-state index >= 15 is 0 Å². The Bertz CT molecular complexity index is 2210. The highest BCUT2D eigenvalue weighted by Crippen LogP contribution is 2.39. The van der Waals surface area contributed by atoms with Crippen molar-refractivity contribution in [3.8, 4) is 0 Å². The maximum Gasteiger partial charge on any atom is 0.364 e. The maximum atomic E-state index is 13.0. The van der Waals surface area contributed by atoms with Gasteiger partial charge in [-0.05, 0) is 0 Å². The van der Waals surface area contributed by atoms with Crippen LogP contribution in [0.4, 0.5) is 0 Å². The highest BCUT2D eigenvalue weighted by atomic mass is 16.8. The number of nitrogens with one attached hydrogen (secondary N) is 4. The summed E-state index contributed by atoms with van der Waals surface area (Å²) in [5.41, 5.74) is 0. The van der Waals surface area contributed by atoms with Gasteiger partial charge in [-0.15, -0.1) is 0 Å². The third-order valence-electron chi connectivity index (χ3n) is 15.0. The molecular weight excluding hydrogens is 1160 g/mol. The Hall–Kier alpha value is -3.77. The van der Waals surface area contributed by atoms with Gasteiger partial charge in [0.15, 0.2) is 31.5 Å². The number of aliphatic carboxylic acids is 1. The summed E-state index contributed by atoms with van der Waals surface area (Å²) in [6.45, 7) is -2.21. The van der Waals surface area contributed by atoms with Crippen molar-refractivity contribution in [1.29, 1.82) is 0 Å². The van der Waals surface area contributed by atoms with Crippen LogP contribution >= 0.6 is 0 Å². The minimum Gasteiger partial charge on any atom is -0.477 e. The molecule has 6 saturated heterocycles. The molecule has 38 nitrogen and oxygen atoms in total. The van der Waals surface area contributed by atoms with Gasteiger partial charge in [-0.2, -0.15) is 0 Å². The molecule has 0 spiro atoms. The second-order valence-corrected chi connectivity index (χ2v) is 21.2. The van der Waals surface area contributed by atoms with Crippen LogP contribution in [0.1, 0.15) is 34.1 Å². The van der Waals surface area contributed by atoms with Crippen LogP contribution in [-0.2, 0) is 76.1 Å². The topological polar surface area (TPSA) is 599 Å². The molecule has 22 N–H and O–H groups in total. The molecule has 6 rings (SSSR count). The summed E-state index contributed by atoms with van der Waals surface area (Å²) in [7, 11) is 0. The van der Waals surface area contributed by atoms with Crippen molar-refractivity contribution in [2.45, 2.75) is 224 Å². The lowest BCUT2D eigenvalue weighted by Crippen LogP contribution is -2.71. The number of hydrogen-bond acceptors (Lipinski definition) is 33. The predicted octanol–water partition coefficient (Wildman–Crippen LogP) is -14.3. The minimum atomic E-state index is -3.20. The monoisotopic (exact) mass is 1240 g/mol. The summed E-state index contributed by atoms with van der Waals surface area (Å²) in [5, 5.41) is 204. The summed E-state index contributed by atoms with van der Waals surface area (Å²) in [6.07, 6.45) is -53.0. The van der Waals surface area contributed by atoms with E-state index in [0.717, 1.165) is 27.7 Å². The number of carboxylic acid groups (broad SMARTS) is 1. The zero-order chi connectivity index (χ0) is 63.3. The summed E-state index contributed by atoms with van der Waals surface area (Å²) in [5.74, 6) is -8.67. The lowest BCUT2D eigenvalue weighted by molar-refractivity contribution is -0.383. The third kappa shape index (κ3) is 15.8. The van der Waals surface area contributed by atoms with Crippen LogP contribution in [0.5, 0.6) is 0 Å². The quantitative estimate of drug-likeness (QED) is 0.0452. The minimum absolute atomic E-state index is 0.826. The fourth-order valence-corrected chi connectivity index (χ4v) is 10.7. The van der Waals surface area contributed by atoms with Gasteiger partial charge in [-0.25, -0.2) is 4.79 Å². The highest BCUT2D eigenvalue weighted by molar-refractivity contribution is 5.77. The molecule has 38 heteroatoms. The average molecular weight is 1240 g/mol. The van der Waals surface area contributed by atoms with Crippen LogP contribution in [0.3, 0.4) is 0 Å². The van der Waals surface area contributed by atoms with Crippen LogP contribution < -0.4 is 21.3 Å². The zero-order valence-electron chi connectivity index (χ0n) is 45.9.